The predicted molar refractivity (Wildman–Crippen MR) is 78.3 cm³/mol. The van der Waals surface area contributed by atoms with Gasteiger partial charge in [-0.1, -0.05) is 19.9 Å². The average Bonchev–Trinajstić information content (AvgIpc) is 2.97. The molecule has 1 aromatic heterocycles. The number of carbonyl (C=O) groups is 2. The molecule has 1 aromatic carbocycles. The first-order valence-corrected chi connectivity index (χ1v) is 6.57. The smallest absolute Gasteiger partial charge is 0.295 e. The molecule has 0 spiro atoms. The molecule has 0 aliphatic heterocycles. The highest BCUT2D eigenvalue weighted by Crippen LogP contribution is 2.12. The van der Waals surface area contributed by atoms with Gasteiger partial charge in [-0.05, 0) is 18.2 Å². The van der Waals surface area contributed by atoms with Gasteiger partial charge in [-0.2, -0.15) is 0 Å². The molecule has 3 N–H and O–H groups in total. The number of H-pyrrole nitrogens is 1. The Kier molecular flexibility index (Phi) is 4.32. The van der Waals surface area contributed by atoms with E-state index in [1.807, 2.05) is 13.8 Å². The second-order valence-corrected chi connectivity index (χ2v) is 4.81. The third-order valence-corrected chi connectivity index (χ3v) is 2.86. The van der Waals surface area contributed by atoms with Gasteiger partial charge in [0, 0.05) is 24.2 Å². The van der Waals surface area contributed by atoms with Crippen molar-refractivity contribution in [3.63, 3.8) is 0 Å². The van der Waals surface area contributed by atoms with Crippen LogP contribution < -0.4 is 10.6 Å². The van der Waals surface area contributed by atoms with Crippen molar-refractivity contribution in [3.8, 4) is 0 Å². The minimum Gasteiger partial charge on any atom is -0.355 e. The van der Waals surface area contributed by atoms with E-state index in [0.29, 0.717) is 17.1 Å². The molecule has 0 saturated heterocycles. The highest BCUT2D eigenvalue weighted by Gasteiger charge is 2.14. The van der Waals surface area contributed by atoms with Gasteiger partial charge in [0.2, 0.25) is 5.82 Å². The number of rotatable bonds is 4. The average molecular weight is 287 g/mol. The zero-order valence-corrected chi connectivity index (χ0v) is 12.1. The fraction of sp³-hybridized carbons (Fsp3) is 0.286. The molecule has 0 atom stereocenters. The van der Waals surface area contributed by atoms with E-state index in [0.717, 1.165) is 0 Å². The first-order valence-electron chi connectivity index (χ1n) is 6.57. The summed E-state index contributed by atoms with van der Waals surface area (Å²) in [5, 5.41) is 11.8. The van der Waals surface area contributed by atoms with Gasteiger partial charge >= 0.3 is 0 Å². The first kappa shape index (κ1) is 14.7. The molecule has 0 radical (unpaired) electrons. The maximum absolute atomic E-state index is 12.0. The van der Waals surface area contributed by atoms with Crippen LogP contribution in [0.1, 0.15) is 46.6 Å². The maximum Gasteiger partial charge on any atom is 0.295 e. The van der Waals surface area contributed by atoms with Crippen molar-refractivity contribution in [2.24, 2.45) is 0 Å². The minimum absolute atomic E-state index is 0.0732. The Morgan fingerprint density at radius 3 is 2.62 bits per heavy atom. The molecule has 0 saturated carbocycles. The quantitative estimate of drug-likeness (QED) is 0.794. The van der Waals surface area contributed by atoms with Gasteiger partial charge in [0.25, 0.3) is 11.8 Å². The predicted octanol–water partition coefficient (Wildman–Crippen LogP) is 1.54. The van der Waals surface area contributed by atoms with Gasteiger partial charge in [0.1, 0.15) is 5.82 Å². The van der Waals surface area contributed by atoms with E-state index in [2.05, 4.69) is 25.8 Å². The summed E-state index contributed by atoms with van der Waals surface area (Å²) in [6.45, 7) is 3.91. The summed E-state index contributed by atoms with van der Waals surface area (Å²) >= 11 is 0. The molecule has 2 amide bonds. The normalized spacial score (nSPS) is 10.5. The molecule has 110 valence electrons. The number of aromatic amines is 1. The minimum atomic E-state index is -0.424. The number of hydrogen-bond donors (Lipinski definition) is 3. The Hall–Kier alpha value is -2.70. The molecule has 0 aliphatic rings. The summed E-state index contributed by atoms with van der Waals surface area (Å²) in [4.78, 5) is 27.7. The highest BCUT2D eigenvalue weighted by atomic mass is 16.2. The van der Waals surface area contributed by atoms with Crippen LogP contribution in [0.4, 0.5) is 5.69 Å². The van der Waals surface area contributed by atoms with Crippen LogP contribution in [-0.4, -0.2) is 34.0 Å². The molecule has 0 fully saturated rings. The largest absolute Gasteiger partial charge is 0.355 e. The Morgan fingerprint density at radius 2 is 2.00 bits per heavy atom. The molecule has 21 heavy (non-hydrogen) atoms. The summed E-state index contributed by atoms with van der Waals surface area (Å²) in [5.74, 6) is 0.247. The lowest BCUT2D eigenvalue weighted by Gasteiger charge is -2.05. The number of anilines is 1. The van der Waals surface area contributed by atoms with Crippen molar-refractivity contribution in [1.82, 2.24) is 20.5 Å². The second kappa shape index (κ2) is 6.17. The number of aromatic nitrogens is 3. The van der Waals surface area contributed by atoms with Crippen molar-refractivity contribution in [3.05, 3.63) is 41.5 Å². The zero-order chi connectivity index (χ0) is 15.4. The van der Waals surface area contributed by atoms with E-state index in [1.54, 1.807) is 31.3 Å². The van der Waals surface area contributed by atoms with Crippen LogP contribution in [0.2, 0.25) is 0 Å². The SMILES string of the molecule is CNC(=O)c1cccc(NC(=O)c2n[nH]c(C(C)C)n2)c1. The number of carbonyl (C=O) groups excluding carboxylic acids is 2. The molecule has 7 heteroatoms. The Balaban J connectivity index is 2.13. The molecular weight excluding hydrogens is 270 g/mol. The second-order valence-electron chi connectivity index (χ2n) is 4.81. The van der Waals surface area contributed by atoms with Gasteiger partial charge in [0.15, 0.2) is 0 Å². The van der Waals surface area contributed by atoms with Crippen molar-refractivity contribution in [1.29, 1.82) is 0 Å². The Labute approximate surface area is 122 Å². The maximum atomic E-state index is 12.0. The molecule has 0 aliphatic carbocycles. The lowest BCUT2D eigenvalue weighted by atomic mass is 10.2. The van der Waals surface area contributed by atoms with E-state index < -0.39 is 5.91 Å². The van der Waals surface area contributed by atoms with Gasteiger partial charge in [-0.3, -0.25) is 14.7 Å². The lowest BCUT2D eigenvalue weighted by Crippen LogP contribution is -2.18. The van der Waals surface area contributed by atoms with Crippen LogP contribution in [0.3, 0.4) is 0 Å². The molecule has 2 rings (SSSR count). The fourth-order valence-electron chi connectivity index (χ4n) is 1.70. The summed E-state index contributed by atoms with van der Waals surface area (Å²) in [6.07, 6.45) is 0. The summed E-state index contributed by atoms with van der Waals surface area (Å²) < 4.78 is 0. The van der Waals surface area contributed by atoms with E-state index in [9.17, 15) is 9.59 Å². The number of nitrogens with one attached hydrogen (secondary N) is 3. The van der Waals surface area contributed by atoms with E-state index >= 15 is 0 Å². The van der Waals surface area contributed by atoms with Crippen LogP contribution in [-0.2, 0) is 0 Å². The van der Waals surface area contributed by atoms with E-state index in [4.69, 9.17) is 0 Å². The monoisotopic (exact) mass is 287 g/mol. The van der Waals surface area contributed by atoms with Crippen LogP contribution in [0.15, 0.2) is 24.3 Å². The summed E-state index contributed by atoms with van der Waals surface area (Å²) in [7, 11) is 1.55. The van der Waals surface area contributed by atoms with Crippen molar-refractivity contribution in [2.45, 2.75) is 19.8 Å². The standard InChI is InChI=1S/C14H17N5O2/c1-8(2)11-17-12(19-18-11)14(21)16-10-6-4-5-9(7-10)13(20)15-3/h4-8H,1-3H3,(H,15,20)(H,16,21)(H,17,18,19). The molecular formula is C14H17N5O2. The Morgan fingerprint density at radius 1 is 1.24 bits per heavy atom. The van der Waals surface area contributed by atoms with Gasteiger partial charge in [-0.15, -0.1) is 5.10 Å². The fourth-order valence-corrected chi connectivity index (χ4v) is 1.70. The zero-order valence-electron chi connectivity index (χ0n) is 12.1. The van der Waals surface area contributed by atoms with Gasteiger partial charge in [-0.25, -0.2) is 4.98 Å². The van der Waals surface area contributed by atoms with Crippen molar-refractivity contribution in [2.75, 3.05) is 12.4 Å². The number of nitrogens with zero attached hydrogens (tertiary/aromatic N) is 2. The van der Waals surface area contributed by atoms with E-state index in [-0.39, 0.29) is 17.6 Å². The lowest BCUT2D eigenvalue weighted by molar-refractivity contribution is 0.0961. The highest BCUT2D eigenvalue weighted by molar-refractivity contribution is 6.02. The van der Waals surface area contributed by atoms with E-state index in [1.165, 1.54) is 0 Å². The molecule has 0 bridgehead atoms. The Bertz CT molecular complexity index is 663. The summed E-state index contributed by atoms with van der Waals surface area (Å²) in [5.41, 5.74) is 0.977. The first-order chi connectivity index (χ1) is 10.0. The molecule has 2 aromatic rings. The van der Waals surface area contributed by atoms with Crippen LogP contribution in [0.5, 0.6) is 0 Å². The van der Waals surface area contributed by atoms with Crippen LogP contribution >= 0.6 is 0 Å². The number of benzene rings is 1. The van der Waals surface area contributed by atoms with Gasteiger partial charge < -0.3 is 10.6 Å². The van der Waals surface area contributed by atoms with Crippen molar-refractivity contribution >= 4 is 17.5 Å². The third-order valence-electron chi connectivity index (χ3n) is 2.86. The van der Waals surface area contributed by atoms with Crippen LogP contribution in [0.25, 0.3) is 0 Å². The summed E-state index contributed by atoms with van der Waals surface area (Å²) in [6, 6.07) is 6.64. The number of hydrogen-bond acceptors (Lipinski definition) is 4. The third kappa shape index (κ3) is 3.44. The molecule has 0 unspecified atom stereocenters. The van der Waals surface area contributed by atoms with Crippen molar-refractivity contribution < 1.29 is 9.59 Å². The molecule has 1 heterocycles. The number of amides is 2. The van der Waals surface area contributed by atoms with Gasteiger partial charge in [0.05, 0.1) is 0 Å². The van der Waals surface area contributed by atoms with Crippen LogP contribution in [0, 0.1) is 0 Å². The topological polar surface area (TPSA) is 99.8 Å². The molecule has 7 nitrogen and oxygen atoms in total.